The number of hydrogen-bond donors (Lipinski definition) is 1. The Balaban J connectivity index is 1.96. The van der Waals surface area contributed by atoms with Crippen molar-refractivity contribution in [3.8, 4) is 5.75 Å². The van der Waals surface area contributed by atoms with Gasteiger partial charge in [0, 0.05) is 12.5 Å². The summed E-state index contributed by atoms with van der Waals surface area (Å²) in [5.41, 5.74) is 0.910. The van der Waals surface area contributed by atoms with Gasteiger partial charge in [0.2, 0.25) is 5.89 Å². The number of benzene rings is 1. The van der Waals surface area contributed by atoms with Crippen LogP contribution in [0.3, 0.4) is 0 Å². The maximum Gasteiger partial charge on any atom is 0.326 e. The Hall–Kier alpha value is -2.41. The molecule has 2 aromatic rings. The molecule has 0 bridgehead atoms. The van der Waals surface area contributed by atoms with Crippen molar-refractivity contribution in [3.63, 3.8) is 0 Å². The molecule has 1 fully saturated rings. The van der Waals surface area contributed by atoms with Crippen LogP contribution in [-0.2, 0) is 14.3 Å². The third-order valence-electron chi connectivity index (χ3n) is 4.87. The van der Waals surface area contributed by atoms with Gasteiger partial charge in [-0.05, 0) is 44.2 Å². The van der Waals surface area contributed by atoms with Gasteiger partial charge in [-0.15, -0.1) is 0 Å². The second-order valence-electron chi connectivity index (χ2n) is 6.51. The number of Topliss-reactive ketones (excluding diaryl/α,β-unsaturated/α-hetero) is 1. The summed E-state index contributed by atoms with van der Waals surface area (Å²) in [6.45, 7) is 1.90. The number of oxazole rings is 1. The largest absolute Gasteiger partial charge is 0.494 e. The van der Waals surface area contributed by atoms with Crippen LogP contribution in [0.25, 0.3) is 11.1 Å². The van der Waals surface area contributed by atoms with E-state index in [9.17, 15) is 14.7 Å². The van der Waals surface area contributed by atoms with E-state index >= 15 is 0 Å². The fourth-order valence-electron chi connectivity index (χ4n) is 3.53. The first-order valence-corrected chi connectivity index (χ1v) is 8.83. The highest BCUT2D eigenvalue weighted by Gasteiger charge is 2.41. The van der Waals surface area contributed by atoms with Crippen LogP contribution in [0, 0.1) is 11.8 Å². The number of rotatable bonds is 7. The minimum absolute atomic E-state index is 0.0281. The Kier molecular flexibility index (Phi) is 5.56. The molecule has 0 saturated heterocycles. The summed E-state index contributed by atoms with van der Waals surface area (Å²) in [7, 11) is 1.52. The zero-order chi connectivity index (χ0) is 18.7. The Morgan fingerprint density at radius 2 is 2.19 bits per heavy atom. The predicted octanol–water partition coefficient (Wildman–Crippen LogP) is 2.46. The zero-order valence-corrected chi connectivity index (χ0v) is 14.9. The Morgan fingerprint density at radius 3 is 2.85 bits per heavy atom. The van der Waals surface area contributed by atoms with Crippen LogP contribution < -0.4 is 4.74 Å². The first-order chi connectivity index (χ1) is 12.6. The molecule has 1 aliphatic rings. The van der Waals surface area contributed by atoms with E-state index in [0.29, 0.717) is 29.7 Å². The van der Waals surface area contributed by atoms with E-state index in [4.69, 9.17) is 13.9 Å². The number of ketones is 1. The Labute approximate surface area is 151 Å². The van der Waals surface area contributed by atoms with Crippen LogP contribution in [0.5, 0.6) is 5.75 Å². The summed E-state index contributed by atoms with van der Waals surface area (Å²) in [6.07, 6.45) is 1.97. The van der Waals surface area contributed by atoms with Crippen LogP contribution in [0.15, 0.2) is 22.6 Å². The predicted molar refractivity (Wildman–Crippen MR) is 92.9 cm³/mol. The molecular weight excluding hydrogens is 338 g/mol. The number of carbonyl (C=O) groups is 2. The third-order valence-corrected chi connectivity index (χ3v) is 4.87. The van der Waals surface area contributed by atoms with Gasteiger partial charge in [-0.3, -0.25) is 9.59 Å². The molecule has 0 amide bonds. The number of hydrogen-bond acceptors (Lipinski definition) is 7. The van der Waals surface area contributed by atoms with Crippen molar-refractivity contribution in [1.82, 2.24) is 4.98 Å². The summed E-state index contributed by atoms with van der Waals surface area (Å²) in [5.74, 6) is -1.79. The molecule has 3 rings (SSSR count). The highest BCUT2D eigenvalue weighted by atomic mass is 16.5. The number of carbonyl (C=O) groups excluding carboxylic acids is 2. The second kappa shape index (κ2) is 7.86. The van der Waals surface area contributed by atoms with Gasteiger partial charge in [0.15, 0.2) is 22.8 Å². The standard InChI is InChI=1S/C19H23NO6/c1-3-25-19(23)15(17(22)12-8-7-11(9-12)10-21)18-20-16-13(24-2)5-4-6-14(16)26-18/h4-6,11-12,15,21H,3,7-10H2,1-2H3. The first-order valence-electron chi connectivity index (χ1n) is 8.83. The summed E-state index contributed by atoms with van der Waals surface area (Å²) >= 11 is 0. The molecule has 0 spiro atoms. The van der Waals surface area contributed by atoms with Gasteiger partial charge in [0.05, 0.1) is 13.7 Å². The van der Waals surface area contributed by atoms with Gasteiger partial charge in [0.1, 0.15) is 5.75 Å². The molecule has 26 heavy (non-hydrogen) atoms. The number of aliphatic hydroxyl groups excluding tert-OH is 1. The van der Waals surface area contributed by atoms with Crippen molar-refractivity contribution < 1.29 is 28.6 Å². The molecule has 1 heterocycles. The van der Waals surface area contributed by atoms with E-state index in [-0.39, 0.29) is 36.7 Å². The lowest BCUT2D eigenvalue weighted by molar-refractivity contribution is -0.149. The van der Waals surface area contributed by atoms with Crippen LogP contribution in [0.2, 0.25) is 0 Å². The molecule has 1 aromatic carbocycles. The lowest BCUT2D eigenvalue weighted by atomic mass is 9.90. The SMILES string of the molecule is CCOC(=O)C(C(=O)C1CCC(CO)C1)c1nc2c(OC)cccc2o1. The summed E-state index contributed by atoms with van der Waals surface area (Å²) in [4.78, 5) is 29.9. The van der Waals surface area contributed by atoms with E-state index in [1.165, 1.54) is 7.11 Å². The monoisotopic (exact) mass is 361 g/mol. The normalized spacial score (nSPS) is 20.9. The van der Waals surface area contributed by atoms with Crippen LogP contribution in [-0.4, -0.2) is 42.2 Å². The minimum atomic E-state index is -1.20. The molecule has 0 aliphatic heterocycles. The topological polar surface area (TPSA) is 98.9 Å². The van der Waals surface area contributed by atoms with Crippen molar-refractivity contribution in [3.05, 3.63) is 24.1 Å². The molecule has 0 radical (unpaired) electrons. The quantitative estimate of drug-likeness (QED) is 0.597. The molecule has 1 saturated carbocycles. The smallest absolute Gasteiger partial charge is 0.326 e. The highest BCUT2D eigenvalue weighted by Crippen LogP contribution is 2.36. The van der Waals surface area contributed by atoms with Gasteiger partial charge in [-0.2, -0.15) is 0 Å². The second-order valence-corrected chi connectivity index (χ2v) is 6.51. The fourth-order valence-corrected chi connectivity index (χ4v) is 3.53. The van der Waals surface area contributed by atoms with Gasteiger partial charge in [-0.1, -0.05) is 6.07 Å². The van der Waals surface area contributed by atoms with Gasteiger partial charge < -0.3 is 19.0 Å². The third kappa shape index (κ3) is 3.44. The van der Waals surface area contributed by atoms with Gasteiger partial charge in [-0.25, -0.2) is 4.98 Å². The molecule has 7 heteroatoms. The summed E-state index contributed by atoms with van der Waals surface area (Å²) < 4.78 is 16.1. The van der Waals surface area contributed by atoms with E-state index < -0.39 is 11.9 Å². The van der Waals surface area contributed by atoms with Crippen molar-refractivity contribution in [2.45, 2.75) is 32.1 Å². The van der Waals surface area contributed by atoms with Crippen molar-refractivity contribution in [2.75, 3.05) is 20.3 Å². The van der Waals surface area contributed by atoms with Gasteiger partial charge >= 0.3 is 5.97 Å². The molecule has 1 N–H and O–H groups in total. The fraction of sp³-hybridized carbons (Fsp3) is 0.526. The number of ether oxygens (including phenoxy) is 2. The molecule has 1 aromatic heterocycles. The summed E-state index contributed by atoms with van der Waals surface area (Å²) in [6, 6.07) is 5.19. The van der Waals surface area contributed by atoms with E-state index in [1.807, 2.05) is 0 Å². The number of nitrogens with zero attached hydrogens (tertiary/aromatic N) is 1. The van der Waals surface area contributed by atoms with Crippen LogP contribution in [0.1, 0.15) is 38.0 Å². The lowest BCUT2D eigenvalue weighted by Gasteiger charge is -2.15. The zero-order valence-electron chi connectivity index (χ0n) is 14.9. The molecule has 3 unspecified atom stereocenters. The van der Waals surface area contributed by atoms with Crippen molar-refractivity contribution in [2.24, 2.45) is 11.8 Å². The maximum atomic E-state index is 13.0. The molecule has 7 nitrogen and oxygen atoms in total. The number of aromatic nitrogens is 1. The van der Waals surface area contributed by atoms with E-state index in [2.05, 4.69) is 4.98 Å². The van der Waals surface area contributed by atoms with Crippen LogP contribution in [0.4, 0.5) is 0 Å². The van der Waals surface area contributed by atoms with E-state index in [1.54, 1.807) is 25.1 Å². The number of para-hydroxylation sites is 1. The number of aliphatic hydroxyl groups is 1. The first kappa shape index (κ1) is 18.4. The van der Waals surface area contributed by atoms with Crippen LogP contribution >= 0.6 is 0 Å². The molecule has 1 aliphatic carbocycles. The lowest BCUT2D eigenvalue weighted by Crippen LogP contribution is -2.29. The van der Waals surface area contributed by atoms with Crippen molar-refractivity contribution >= 4 is 22.9 Å². The van der Waals surface area contributed by atoms with E-state index in [0.717, 1.165) is 6.42 Å². The molecule has 140 valence electrons. The summed E-state index contributed by atoms with van der Waals surface area (Å²) in [5, 5.41) is 9.32. The number of methoxy groups -OCH3 is 1. The number of fused-ring (bicyclic) bond motifs is 1. The molecule has 3 atom stereocenters. The minimum Gasteiger partial charge on any atom is -0.494 e. The molecular formula is C19H23NO6. The maximum absolute atomic E-state index is 13.0. The highest BCUT2D eigenvalue weighted by molar-refractivity contribution is 6.05. The Bertz CT molecular complexity index is 798. The average molecular weight is 361 g/mol. The average Bonchev–Trinajstić information content (AvgIpc) is 3.28. The number of esters is 1. The van der Waals surface area contributed by atoms with Crippen molar-refractivity contribution in [1.29, 1.82) is 0 Å². The Morgan fingerprint density at radius 1 is 1.38 bits per heavy atom. The van der Waals surface area contributed by atoms with Gasteiger partial charge in [0.25, 0.3) is 0 Å².